The van der Waals surface area contributed by atoms with Crippen molar-refractivity contribution in [2.75, 3.05) is 11.9 Å². The van der Waals surface area contributed by atoms with Gasteiger partial charge in [-0.3, -0.25) is 0 Å². The van der Waals surface area contributed by atoms with E-state index in [9.17, 15) is 5.11 Å². The highest BCUT2D eigenvalue weighted by Gasteiger charge is 2.14. The Kier molecular flexibility index (Phi) is 3.28. The zero-order valence-corrected chi connectivity index (χ0v) is 10.4. The van der Waals surface area contributed by atoms with Gasteiger partial charge in [-0.2, -0.15) is 5.10 Å². The highest BCUT2D eigenvalue weighted by atomic mass is 16.3. The van der Waals surface area contributed by atoms with Crippen LogP contribution in [0.2, 0.25) is 0 Å². The Hall–Kier alpha value is -1.62. The lowest BCUT2D eigenvalue weighted by Crippen LogP contribution is -2.30. The van der Waals surface area contributed by atoms with Crippen molar-refractivity contribution in [1.29, 1.82) is 0 Å². The SMILES string of the molecule is Cc1cc2c(NC(CO)C(C)C)nccn2n1. The van der Waals surface area contributed by atoms with Crippen LogP contribution in [-0.4, -0.2) is 32.4 Å². The predicted molar refractivity (Wildman–Crippen MR) is 67.1 cm³/mol. The molecule has 0 aliphatic heterocycles. The molecule has 0 bridgehead atoms. The molecule has 0 radical (unpaired) electrons. The van der Waals surface area contributed by atoms with E-state index in [-0.39, 0.29) is 12.6 Å². The molecule has 5 nitrogen and oxygen atoms in total. The molecule has 0 saturated heterocycles. The van der Waals surface area contributed by atoms with Crippen molar-refractivity contribution < 1.29 is 5.11 Å². The summed E-state index contributed by atoms with van der Waals surface area (Å²) in [6.45, 7) is 6.17. The van der Waals surface area contributed by atoms with E-state index in [2.05, 4.69) is 29.2 Å². The van der Waals surface area contributed by atoms with Crippen LogP contribution in [0.5, 0.6) is 0 Å². The van der Waals surface area contributed by atoms with Crippen molar-refractivity contribution in [2.24, 2.45) is 5.92 Å². The molecule has 0 aromatic carbocycles. The van der Waals surface area contributed by atoms with Gasteiger partial charge in [0.15, 0.2) is 5.82 Å². The molecule has 0 aliphatic carbocycles. The number of nitrogens with one attached hydrogen (secondary N) is 1. The van der Waals surface area contributed by atoms with E-state index in [1.54, 1.807) is 10.7 Å². The number of aliphatic hydroxyl groups is 1. The van der Waals surface area contributed by atoms with Gasteiger partial charge < -0.3 is 10.4 Å². The van der Waals surface area contributed by atoms with E-state index in [1.165, 1.54) is 0 Å². The topological polar surface area (TPSA) is 62.5 Å². The molecule has 1 unspecified atom stereocenters. The summed E-state index contributed by atoms with van der Waals surface area (Å²) in [5, 5.41) is 16.9. The third-order valence-corrected chi connectivity index (χ3v) is 2.84. The van der Waals surface area contributed by atoms with Crippen LogP contribution in [0.4, 0.5) is 5.82 Å². The van der Waals surface area contributed by atoms with Crippen molar-refractivity contribution in [3.8, 4) is 0 Å². The maximum atomic E-state index is 9.32. The lowest BCUT2D eigenvalue weighted by molar-refractivity contribution is 0.249. The minimum absolute atomic E-state index is 0.00362. The van der Waals surface area contributed by atoms with Crippen molar-refractivity contribution in [3.05, 3.63) is 24.2 Å². The maximum Gasteiger partial charge on any atom is 0.152 e. The van der Waals surface area contributed by atoms with Crippen molar-refractivity contribution in [2.45, 2.75) is 26.8 Å². The van der Waals surface area contributed by atoms with Gasteiger partial charge in [-0.15, -0.1) is 0 Å². The first kappa shape index (κ1) is 11.9. The average Bonchev–Trinajstić information content (AvgIpc) is 2.66. The van der Waals surface area contributed by atoms with Gasteiger partial charge in [0.05, 0.1) is 18.3 Å². The summed E-state index contributed by atoms with van der Waals surface area (Å²) in [7, 11) is 0. The molecule has 0 amide bonds. The molecular weight excluding hydrogens is 216 g/mol. The summed E-state index contributed by atoms with van der Waals surface area (Å²) in [6.07, 6.45) is 3.52. The molecule has 0 aliphatic rings. The standard InChI is InChI=1S/C12H18N4O/c1-8(2)10(7-17)14-12-11-6-9(3)15-16(11)5-4-13-12/h4-6,8,10,17H,7H2,1-3H3,(H,13,14). The first-order chi connectivity index (χ1) is 8.11. The number of hydrogen-bond acceptors (Lipinski definition) is 4. The number of aliphatic hydroxyl groups excluding tert-OH is 1. The summed E-state index contributed by atoms with van der Waals surface area (Å²) in [4.78, 5) is 4.31. The lowest BCUT2D eigenvalue weighted by atomic mass is 10.1. The van der Waals surface area contributed by atoms with Crippen LogP contribution < -0.4 is 5.32 Å². The molecule has 0 saturated carbocycles. The largest absolute Gasteiger partial charge is 0.394 e. The fraction of sp³-hybridized carbons (Fsp3) is 0.500. The molecular formula is C12H18N4O. The number of anilines is 1. The number of aromatic nitrogens is 3. The quantitative estimate of drug-likeness (QED) is 0.841. The zero-order valence-electron chi connectivity index (χ0n) is 10.4. The van der Waals surface area contributed by atoms with E-state index in [1.807, 2.05) is 19.2 Å². The lowest BCUT2D eigenvalue weighted by Gasteiger charge is -2.20. The molecule has 92 valence electrons. The van der Waals surface area contributed by atoms with E-state index < -0.39 is 0 Å². The molecule has 0 fully saturated rings. The van der Waals surface area contributed by atoms with Crippen molar-refractivity contribution in [3.63, 3.8) is 0 Å². The third kappa shape index (κ3) is 2.39. The molecule has 2 aromatic rings. The second-order valence-corrected chi connectivity index (χ2v) is 4.57. The number of hydrogen-bond donors (Lipinski definition) is 2. The Morgan fingerprint density at radius 3 is 2.88 bits per heavy atom. The van der Waals surface area contributed by atoms with Gasteiger partial charge >= 0.3 is 0 Å². The predicted octanol–water partition coefficient (Wildman–Crippen LogP) is 1.47. The third-order valence-electron chi connectivity index (χ3n) is 2.84. The summed E-state index contributed by atoms with van der Waals surface area (Å²) < 4.78 is 1.79. The first-order valence-corrected chi connectivity index (χ1v) is 5.80. The summed E-state index contributed by atoms with van der Waals surface area (Å²) in [6, 6.07) is 1.98. The molecule has 0 spiro atoms. The fourth-order valence-electron chi connectivity index (χ4n) is 1.75. The maximum absolute atomic E-state index is 9.32. The van der Waals surface area contributed by atoms with Crippen LogP contribution in [0.25, 0.3) is 5.52 Å². The van der Waals surface area contributed by atoms with Gasteiger partial charge in [0, 0.05) is 12.4 Å². The zero-order chi connectivity index (χ0) is 12.4. The Morgan fingerprint density at radius 1 is 1.47 bits per heavy atom. The van der Waals surface area contributed by atoms with Gasteiger partial charge in [0.1, 0.15) is 5.52 Å². The average molecular weight is 234 g/mol. The molecule has 2 aromatic heterocycles. The van der Waals surface area contributed by atoms with Crippen LogP contribution in [0, 0.1) is 12.8 Å². The number of aryl methyl sites for hydroxylation is 1. The second kappa shape index (κ2) is 4.71. The molecule has 2 heterocycles. The van der Waals surface area contributed by atoms with E-state index >= 15 is 0 Å². The fourth-order valence-corrected chi connectivity index (χ4v) is 1.75. The van der Waals surface area contributed by atoms with Gasteiger partial charge in [-0.25, -0.2) is 9.50 Å². The number of fused-ring (bicyclic) bond motifs is 1. The normalized spacial score (nSPS) is 13.2. The molecule has 2 N–H and O–H groups in total. The summed E-state index contributed by atoms with van der Waals surface area (Å²) in [5.41, 5.74) is 1.88. The highest BCUT2D eigenvalue weighted by Crippen LogP contribution is 2.17. The van der Waals surface area contributed by atoms with Crippen LogP contribution in [0.15, 0.2) is 18.5 Å². The molecule has 1 atom stereocenters. The van der Waals surface area contributed by atoms with Crippen LogP contribution in [0.3, 0.4) is 0 Å². The van der Waals surface area contributed by atoms with Gasteiger partial charge in [0.2, 0.25) is 0 Å². The summed E-state index contributed by atoms with van der Waals surface area (Å²) >= 11 is 0. The van der Waals surface area contributed by atoms with E-state index in [4.69, 9.17) is 0 Å². The van der Waals surface area contributed by atoms with Crippen molar-refractivity contribution in [1.82, 2.24) is 14.6 Å². The monoisotopic (exact) mass is 234 g/mol. The first-order valence-electron chi connectivity index (χ1n) is 5.80. The van der Waals surface area contributed by atoms with E-state index in [0.29, 0.717) is 5.92 Å². The van der Waals surface area contributed by atoms with Crippen LogP contribution >= 0.6 is 0 Å². The minimum atomic E-state index is 0.00362. The van der Waals surface area contributed by atoms with Gasteiger partial charge in [-0.05, 0) is 18.9 Å². The molecule has 17 heavy (non-hydrogen) atoms. The Morgan fingerprint density at radius 2 is 2.24 bits per heavy atom. The van der Waals surface area contributed by atoms with Crippen molar-refractivity contribution >= 4 is 11.3 Å². The molecule has 5 heteroatoms. The molecule has 2 rings (SSSR count). The highest BCUT2D eigenvalue weighted by molar-refractivity contribution is 5.68. The Labute approximate surface area is 100 Å². The van der Waals surface area contributed by atoms with Crippen LogP contribution in [-0.2, 0) is 0 Å². The number of rotatable bonds is 4. The van der Waals surface area contributed by atoms with Crippen LogP contribution in [0.1, 0.15) is 19.5 Å². The van der Waals surface area contributed by atoms with E-state index in [0.717, 1.165) is 17.0 Å². The Bertz CT molecular complexity index is 506. The number of nitrogens with zero attached hydrogens (tertiary/aromatic N) is 3. The summed E-state index contributed by atoms with van der Waals surface area (Å²) in [5.74, 6) is 1.10. The second-order valence-electron chi connectivity index (χ2n) is 4.57. The van der Waals surface area contributed by atoms with Gasteiger partial charge in [-0.1, -0.05) is 13.8 Å². The van der Waals surface area contributed by atoms with Gasteiger partial charge in [0.25, 0.3) is 0 Å². The Balaban J connectivity index is 2.34. The smallest absolute Gasteiger partial charge is 0.152 e. The minimum Gasteiger partial charge on any atom is -0.394 e.